The van der Waals surface area contributed by atoms with Gasteiger partial charge in [0.25, 0.3) is 5.91 Å². The largest absolute Gasteiger partial charge is 0.482 e. The van der Waals surface area contributed by atoms with Gasteiger partial charge in [0.2, 0.25) is 0 Å². The molecule has 1 heterocycles. The summed E-state index contributed by atoms with van der Waals surface area (Å²) in [5, 5.41) is 6.29. The van der Waals surface area contributed by atoms with Crippen molar-refractivity contribution in [1.82, 2.24) is 5.32 Å². The molecule has 0 bridgehead atoms. The van der Waals surface area contributed by atoms with Gasteiger partial charge in [0, 0.05) is 6.04 Å². The van der Waals surface area contributed by atoms with Crippen molar-refractivity contribution < 1.29 is 9.53 Å². The molecule has 4 nitrogen and oxygen atoms in total. The number of nitrogens with one attached hydrogen (secondary N) is 2. The number of hydrogen-bond donors (Lipinski definition) is 2. The Labute approximate surface area is 108 Å². The van der Waals surface area contributed by atoms with Crippen molar-refractivity contribution in [1.29, 1.82) is 0 Å². The number of amides is 1. The van der Waals surface area contributed by atoms with E-state index in [4.69, 9.17) is 4.74 Å². The Morgan fingerprint density at radius 1 is 1.44 bits per heavy atom. The Hall–Kier alpha value is -1.55. The van der Waals surface area contributed by atoms with E-state index in [0.717, 1.165) is 30.8 Å². The minimum atomic E-state index is -0.0848. The number of carbonyl (C=O) groups excluding carboxylic acids is 1. The smallest absolute Gasteiger partial charge is 0.262 e. The van der Waals surface area contributed by atoms with Crippen LogP contribution < -0.4 is 15.4 Å². The zero-order valence-corrected chi connectivity index (χ0v) is 11.0. The fourth-order valence-corrected chi connectivity index (χ4v) is 2.19. The van der Waals surface area contributed by atoms with E-state index in [1.807, 2.05) is 12.1 Å². The highest BCUT2D eigenvalue weighted by atomic mass is 16.5. The summed E-state index contributed by atoms with van der Waals surface area (Å²) in [6.45, 7) is 5.38. The monoisotopic (exact) mass is 248 g/mol. The molecule has 1 aliphatic heterocycles. The van der Waals surface area contributed by atoms with Gasteiger partial charge in [0.05, 0.1) is 5.69 Å². The van der Waals surface area contributed by atoms with Crippen molar-refractivity contribution in [3.63, 3.8) is 0 Å². The zero-order valence-electron chi connectivity index (χ0n) is 11.0. The first-order chi connectivity index (χ1) is 8.72. The number of hydrogen-bond acceptors (Lipinski definition) is 3. The van der Waals surface area contributed by atoms with E-state index in [1.165, 1.54) is 5.56 Å². The van der Waals surface area contributed by atoms with Crippen molar-refractivity contribution >= 4 is 11.6 Å². The van der Waals surface area contributed by atoms with Gasteiger partial charge >= 0.3 is 0 Å². The molecule has 0 aliphatic carbocycles. The van der Waals surface area contributed by atoms with Crippen LogP contribution in [0.4, 0.5) is 5.69 Å². The molecule has 0 spiro atoms. The molecule has 1 aromatic rings. The normalized spacial score (nSPS) is 15.6. The highest BCUT2D eigenvalue weighted by molar-refractivity contribution is 5.95. The van der Waals surface area contributed by atoms with Crippen LogP contribution in [0.3, 0.4) is 0 Å². The molecule has 98 valence electrons. The summed E-state index contributed by atoms with van der Waals surface area (Å²) in [5.41, 5.74) is 2.00. The first kappa shape index (κ1) is 12.9. The lowest BCUT2D eigenvalue weighted by Gasteiger charge is -2.20. The Balaban J connectivity index is 2.10. The maximum atomic E-state index is 11.3. The molecule has 1 aliphatic rings. The SMILES string of the molecule is CCNC(CC)Cc1ccc2c(c1)NC(=O)CO2. The third kappa shape index (κ3) is 3.01. The molecule has 4 heteroatoms. The van der Waals surface area contributed by atoms with Crippen LogP contribution in [0.15, 0.2) is 18.2 Å². The van der Waals surface area contributed by atoms with Gasteiger partial charge in [0.15, 0.2) is 6.61 Å². The van der Waals surface area contributed by atoms with Gasteiger partial charge in [-0.1, -0.05) is 19.9 Å². The second kappa shape index (κ2) is 5.87. The summed E-state index contributed by atoms with van der Waals surface area (Å²) >= 11 is 0. The average molecular weight is 248 g/mol. The predicted octanol–water partition coefficient (Wildman–Crippen LogP) is 1.95. The fraction of sp³-hybridized carbons (Fsp3) is 0.500. The summed E-state index contributed by atoms with van der Waals surface area (Å²) in [4.78, 5) is 11.3. The Kier molecular flexibility index (Phi) is 4.20. The van der Waals surface area contributed by atoms with E-state index in [2.05, 4.69) is 30.5 Å². The van der Waals surface area contributed by atoms with Crippen LogP contribution in [0.1, 0.15) is 25.8 Å². The lowest BCUT2D eigenvalue weighted by atomic mass is 10.0. The van der Waals surface area contributed by atoms with Gasteiger partial charge in [-0.3, -0.25) is 4.79 Å². The third-order valence-electron chi connectivity index (χ3n) is 3.14. The molecule has 0 fully saturated rings. The van der Waals surface area contributed by atoms with Crippen LogP contribution in [0.2, 0.25) is 0 Å². The highest BCUT2D eigenvalue weighted by Crippen LogP contribution is 2.28. The van der Waals surface area contributed by atoms with E-state index in [0.29, 0.717) is 6.04 Å². The topological polar surface area (TPSA) is 50.4 Å². The van der Waals surface area contributed by atoms with Crippen LogP contribution in [-0.2, 0) is 11.2 Å². The lowest BCUT2D eigenvalue weighted by Crippen LogP contribution is -2.30. The predicted molar refractivity (Wildman–Crippen MR) is 72.0 cm³/mol. The average Bonchev–Trinajstić information content (AvgIpc) is 2.37. The van der Waals surface area contributed by atoms with E-state index >= 15 is 0 Å². The minimum Gasteiger partial charge on any atom is -0.482 e. The first-order valence-corrected chi connectivity index (χ1v) is 6.52. The maximum absolute atomic E-state index is 11.3. The number of anilines is 1. The van der Waals surface area contributed by atoms with Gasteiger partial charge in [-0.05, 0) is 37.1 Å². The van der Waals surface area contributed by atoms with Crippen LogP contribution in [0.25, 0.3) is 0 Å². The summed E-state index contributed by atoms with van der Waals surface area (Å²) < 4.78 is 5.34. The molecule has 0 saturated heterocycles. The van der Waals surface area contributed by atoms with E-state index in [-0.39, 0.29) is 12.5 Å². The Morgan fingerprint density at radius 2 is 2.28 bits per heavy atom. The van der Waals surface area contributed by atoms with Crippen molar-refractivity contribution in [3.8, 4) is 5.75 Å². The summed E-state index contributed by atoms with van der Waals surface area (Å²) in [5.74, 6) is 0.674. The Bertz CT molecular complexity index is 432. The molecule has 1 aromatic carbocycles. The first-order valence-electron chi connectivity index (χ1n) is 6.52. The number of benzene rings is 1. The van der Waals surface area contributed by atoms with Gasteiger partial charge in [-0.25, -0.2) is 0 Å². The lowest BCUT2D eigenvalue weighted by molar-refractivity contribution is -0.118. The molecular weight excluding hydrogens is 228 g/mol. The molecule has 1 amide bonds. The van der Waals surface area contributed by atoms with Crippen LogP contribution in [0.5, 0.6) is 5.75 Å². The van der Waals surface area contributed by atoms with Gasteiger partial charge in [0.1, 0.15) is 5.75 Å². The van der Waals surface area contributed by atoms with Crippen LogP contribution in [-0.4, -0.2) is 25.1 Å². The summed E-state index contributed by atoms with van der Waals surface area (Å²) in [6.07, 6.45) is 2.06. The molecule has 18 heavy (non-hydrogen) atoms. The van der Waals surface area contributed by atoms with Crippen molar-refractivity contribution in [2.24, 2.45) is 0 Å². The number of carbonyl (C=O) groups is 1. The summed E-state index contributed by atoms with van der Waals surface area (Å²) in [7, 11) is 0. The minimum absolute atomic E-state index is 0.0848. The van der Waals surface area contributed by atoms with Crippen molar-refractivity contribution in [2.45, 2.75) is 32.7 Å². The van der Waals surface area contributed by atoms with Crippen LogP contribution in [0, 0.1) is 0 Å². The molecule has 0 aromatic heterocycles. The molecule has 2 rings (SSSR count). The number of ether oxygens (including phenoxy) is 1. The van der Waals surface area contributed by atoms with E-state index in [1.54, 1.807) is 0 Å². The van der Waals surface area contributed by atoms with E-state index < -0.39 is 0 Å². The summed E-state index contributed by atoms with van der Waals surface area (Å²) in [6, 6.07) is 6.49. The maximum Gasteiger partial charge on any atom is 0.262 e. The molecule has 1 atom stereocenters. The number of rotatable bonds is 5. The zero-order chi connectivity index (χ0) is 13.0. The van der Waals surface area contributed by atoms with Crippen LogP contribution >= 0.6 is 0 Å². The quantitative estimate of drug-likeness (QED) is 0.837. The van der Waals surface area contributed by atoms with E-state index in [9.17, 15) is 4.79 Å². The van der Waals surface area contributed by atoms with Gasteiger partial charge in [-0.2, -0.15) is 0 Å². The molecule has 1 unspecified atom stereocenters. The van der Waals surface area contributed by atoms with Gasteiger partial charge in [-0.15, -0.1) is 0 Å². The third-order valence-corrected chi connectivity index (χ3v) is 3.14. The standard InChI is InChI=1S/C14H20N2O2/c1-3-11(15-4-2)7-10-5-6-13-12(8-10)16-14(17)9-18-13/h5-6,8,11,15H,3-4,7,9H2,1-2H3,(H,16,17). The second-order valence-electron chi connectivity index (χ2n) is 4.53. The Morgan fingerprint density at radius 3 is 3.00 bits per heavy atom. The molecule has 0 saturated carbocycles. The molecular formula is C14H20N2O2. The van der Waals surface area contributed by atoms with Crippen molar-refractivity contribution in [2.75, 3.05) is 18.5 Å². The number of fused-ring (bicyclic) bond motifs is 1. The van der Waals surface area contributed by atoms with Crippen molar-refractivity contribution in [3.05, 3.63) is 23.8 Å². The molecule has 2 N–H and O–H groups in total. The van der Waals surface area contributed by atoms with Gasteiger partial charge < -0.3 is 15.4 Å². The number of likely N-dealkylation sites (N-methyl/N-ethyl adjacent to an activating group) is 1. The molecule has 0 radical (unpaired) electrons. The highest BCUT2D eigenvalue weighted by Gasteiger charge is 2.16. The fourth-order valence-electron chi connectivity index (χ4n) is 2.19. The second-order valence-corrected chi connectivity index (χ2v) is 4.53.